The lowest BCUT2D eigenvalue weighted by molar-refractivity contribution is -0.140. The van der Waals surface area contributed by atoms with Crippen LogP contribution < -0.4 is 10.2 Å². The summed E-state index contributed by atoms with van der Waals surface area (Å²) in [5.41, 5.74) is 2.15. The molecule has 1 aliphatic rings. The number of carbonyl (C=O) groups excluding carboxylic acids is 1. The molecule has 168 valence electrons. The third kappa shape index (κ3) is 6.71. The molecule has 0 saturated heterocycles. The standard InChI is InChI=1S/C23H31N3O3S2/c1-15(2)18-8-10-19(11-9-18)26(13-17-6-4-5-7-17)23(29)25-22-24-12-20(31-22)30-14-16(3)21(27)28/h8-12,15-17H,4-7,13-14H2,1-3H3,(H,27,28)(H,24,25,29). The number of benzene rings is 1. The second-order valence-electron chi connectivity index (χ2n) is 8.47. The second kappa shape index (κ2) is 11.0. The zero-order chi connectivity index (χ0) is 22.4. The number of amides is 2. The third-order valence-corrected chi connectivity index (χ3v) is 8.00. The van der Waals surface area contributed by atoms with Crippen LogP contribution in [0.4, 0.5) is 15.6 Å². The fraction of sp³-hybridized carbons (Fsp3) is 0.522. The molecule has 0 bridgehead atoms. The number of thiazole rings is 1. The highest BCUT2D eigenvalue weighted by molar-refractivity contribution is 8.01. The van der Waals surface area contributed by atoms with Crippen molar-refractivity contribution in [3.05, 3.63) is 36.0 Å². The number of aliphatic carboxylic acids is 1. The zero-order valence-electron chi connectivity index (χ0n) is 18.3. The van der Waals surface area contributed by atoms with E-state index in [1.54, 1.807) is 13.1 Å². The van der Waals surface area contributed by atoms with Crippen molar-refractivity contribution in [1.82, 2.24) is 4.98 Å². The molecule has 1 heterocycles. The van der Waals surface area contributed by atoms with Gasteiger partial charge in [-0.3, -0.25) is 15.0 Å². The molecule has 1 atom stereocenters. The van der Waals surface area contributed by atoms with E-state index in [9.17, 15) is 9.59 Å². The van der Waals surface area contributed by atoms with Crippen molar-refractivity contribution in [2.45, 2.75) is 56.6 Å². The molecule has 6 nitrogen and oxygen atoms in total. The van der Waals surface area contributed by atoms with E-state index in [0.717, 1.165) is 22.7 Å². The number of thioether (sulfide) groups is 1. The largest absolute Gasteiger partial charge is 0.481 e. The van der Waals surface area contributed by atoms with Crippen LogP contribution >= 0.6 is 23.1 Å². The average molecular weight is 462 g/mol. The molecular weight excluding hydrogens is 430 g/mol. The van der Waals surface area contributed by atoms with Crippen LogP contribution in [0, 0.1) is 11.8 Å². The zero-order valence-corrected chi connectivity index (χ0v) is 20.0. The van der Waals surface area contributed by atoms with Crippen molar-refractivity contribution >= 4 is 45.9 Å². The summed E-state index contributed by atoms with van der Waals surface area (Å²) in [6.07, 6.45) is 6.47. The quantitative estimate of drug-likeness (QED) is 0.428. The first-order valence-corrected chi connectivity index (χ1v) is 12.6. The van der Waals surface area contributed by atoms with Gasteiger partial charge in [0, 0.05) is 18.0 Å². The Kier molecular flexibility index (Phi) is 8.37. The van der Waals surface area contributed by atoms with Gasteiger partial charge in [-0.2, -0.15) is 0 Å². The number of aromatic nitrogens is 1. The summed E-state index contributed by atoms with van der Waals surface area (Å²) in [6.45, 7) is 6.71. The topological polar surface area (TPSA) is 82.5 Å². The van der Waals surface area contributed by atoms with Crippen molar-refractivity contribution in [1.29, 1.82) is 0 Å². The molecule has 1 fully saturated rings. The Labute approximate surface area is 192 Å². The van der Waals surface area contributed by atoms with E-state index in [-0.39, 0.29) is 6.03 Å². The van der Waals surface area contributed by atoms with Crippen LogP contribution in [0.2, 0.25) is 0 Å². The number of rotatable bonds is 9. The highest BCUT2D eigenvalue weighted by Crippen LogP contribution is 2.31. The van der Waals surface area contributed by atoms with E-state index in [1.165, 1.54) is 41.5 Å². The summed E-state index contributed by atoms with van der Waals surface area (Å²) >= 11 is 2.83. The summed E-state index contributed by atoms with van der Waals surface area (Å²) in [7, 11) is 0. The van der Waals surface area contributed by atoms with Gasteiger partial charge in [0.15, 0.2) is 5.13 Å². The smallest absolute Gasteiger partial charge is 0.328 e. The fourth-order valence-electron chi connectivity index (χ4n) is 3.62. The lowest BCUT2D eigenvalue weighted by Crippen LogP contribution is -2.38. The Bertz CT molecular complexity index is 876. The Balaban J connectivity index is 1.68. The van der Waals surface area contributed by atoms with Gasteiger partial charge in [0.1, 0.15) is 0 Å². The Morgan fingerprint density at radius 3 is 2.52 bits per heavy atom. The molecule has 2 aromatic rings. The summed E-state index contributed by atoms with van der Waals surface area (Å²) in [5.74, 6) is 0.204. The molecule has 1 unspecified atom stereocenters. The van der Waals surface area contributed by atoms with Gasteiger partial charge in [0.2, 0.25) is 0 Å². The average Bonchev–Trinajstić information content (AvgIpc) is 3.42. The fourth-order valence-corrected chi connectivity index (χ4v) is 5.52. The Hall–Kier alpha value is -2.06. The normalized spacial score (nSPS) is 15.2. The molecule has 0 aliphatic heterocycles. The molecule has 2 N–H and O–H groups in total. The van der Waals surface area contributed by atoms with Gasteiger partial charge in [-0.05, 0) is 42.4 Å². The van der Waals surface area contributed by atoms with E-state index < -0.39 is 11.9 Å². The number of nitrogens with one attached hydrogen (secondary N) is 1. The molecule has 1 saturated carbocycles. The molecular formula is C23H31N3O3S2. The molecule has 0 spiro atoms. The first-order chi connectivity index (χ1) is 14.8. The maximum absolute atomic E-state index is 13.2. The maximum atomic E-state index is 13.2. The summed E-state index contributed by atoms with van der Waals surface area (Å²) in [6, 6.07) is 8.07. The minimum Gasteiger partial charge on any atom is -0.481 e. The molecule has 3 rings (SSSR count). The first kappa shape index (κ1) is 23.6. The highest BCUT2D eigenvalue weighted by Gasteiger charge is 2.24. The van der Waals surface area contributed by atoms with Crippen LogP contribution in [0.15, 0.2) is 34.7 Å². The molecule has 1 aromatic heterocycles. The van der Waals surface area contributed by atoms with Gasteiger partial charge < -0.3 is 5.11 Å². The summed E-state index contributed by atoms with van der Waals surface area (Å²) in [5, 5.41) is 12.5. The predicted octanol–water partition coefficient (Wildman–Crippen LogP) is 6.31. The summed E-state index contributed by atoms with van der Waals surface area (Å²) in [4.78, 5) is 30.3. The van der Waals surface area contributed by atoms with Gasteiger partial charge in [-0.15, -0.1) is 11.8 Å². The molecule has 1 aromatic carbocycles. The number of carbonyl (C=O) groups is 2. The van der Waals surface area contributed by atoms with Gasteiger partial charge in [0.05, 0.1) is 16.3 Å². The highest BCUT2D eigenvalue weighted by atomic mass is 32.2. The van der Waals surface area contributed by atoms with Gasteiger partial charge in [-0.25, -0.2) is 9.78 Å². The van der Waals surface area contributed by atoms with Crippen LogP contribution in [0.1, 0.15) is 57.9 Å². The van der Waals surface area contributed by atoms with Gasteiger partial charge >= 0.3 is 12.0 Å². The minimum absolute atomic E-state index is 0.172. The first-order valence-electron chi connectivity index (χ1n) is 10.8. The number of urea groups is 1. The van der Waals surface area contributed by atoms with Crippen LogP contribution in [-0.2, 0) is 4.79 Å². The molecule has 1 aliphatic carbocycles. The van der Waals surface area contributed by atoms with Gasteiger partial charge in [-0.1, -0.05) is 57.1 Å². The van der Waals surface area contributed by atoms with E-state index in [2.05, 4.69) is 36.3 Å². The lowest BCUT2D eigenvalue weighted by atomic mass is 10.0. The lowest BCUT2D eigenvalue weighted by Gasteiger charge is -2.26. The maximum Gasteiger partial charge on any atom is 0.328 e. The number of hydrogen-bond acceptors (Lipinski definition) is 5. The van der Waals surface area contributed by atoms with Crippen LogP contribution in [0.3, 0.4) is 0 Å². The molecule has 31 heavy (non-hydrogen) atoms. The van der Waals surface area contributed by atoms with Crippen molar-refractivity contribution in [3.63, 3.8) is 0 Å². The van der Waals surface area contributed by atoms with Crippen LogP contribution in [0.5, 0.6) is 0 Å². The van der Waals surface area contributed by atoms with Crippen molar-refractivity contribution in [2.24, 2.45) is 11.8 Å². The number of nitrogens with zero attached hydrogens (tertiary/aromatic N) is 2. The van der Waals surface area contributed by atoms with Crippen LogP contribution in [-0.4, -0.2) is 34.4 Å². The monoisotopic (exact) mass is 461 g/mol. The van der Waals surface area contributed by atoms with Crippen molar-refractivity contribution in [3.8, 4) is 0 Å². The minimum atomic E-state index is -0.809. The van der Waals surface area contributed by atoms with E-state index in [1.807, 2.05) is 17.0 Å². The predicted molar refractivity (Wildman–Crippen MR) is 128 cm³/mol. The Morgan fingerprint density at radius 2 is 1.90 bits per heavy atom. The Morgan fingerprint density at radius 1 is 1.23 bits per heavy atom. The van der Waals surface area contributed by atoms with Crippen molar-refractivity contribution < 1.29 is 14.7 Å². The van der Waals surface area contributed by atoms with Crippen molar-refractivity contribution in [2.75, 3.05) is 22.5 Å². The molecule has 0 radical (unpaired) electrons. The van der Waals surface area contributed by atoms with Crippen LogP contribution in [0.25, 0.3) is 0 Å². The summed E-state index contributed by atoms with van der Waals surface area (Å²) < 4.78 is 0.895. The number of carboxylic acid groups (broad SMARTS) is 1. The van der Waals surface area contributed by atoms with E-state index in [4.69, 9.17) is 5.11 Å². The SMILES string of the molecule is CC(CSc1cnc(NC(=O)N(CC2CCCC2)c2ccc(C(C)C)cc2)s1)C(=O)O. The number of anilines is 2. The molecule has 2 amide bonds. The number of carboxylic acids is 1. The molecule has 8 heteroatoms. The van der Waals surface area contributed by atoms with E-state index >= 15 is 0 Å². The van der Waals surface area contributed by atoms with Gasteiger partial charge in [0.25, 0.3) is 0 Å². The number of hydrogen-bond donors (Lipinski definition) is 2. The second-order valence-corrected chi connectivity index (χ2v) is 10.8. The third-order valence-electron chi connectivity index (χ3n) is 5.63. The van der Waals surface area contributed by atoms with E-state index in [0.29, 0.717) is 29.3 Å².